The zero-order valence-electron chi connectivity index (χ0n) is 8.33. The van der Waals surface area contributed by atoms with Gasteiger partial charge in [0.15, 0.2) is 0 Å². The smallest absolute Gasteiger partial charge is 0.330 e. The van der Waals surface area contributed by atoms with Crippen LogP contribution in [0.4, 0.5) is 11.5 Å². The van der Waals surface area contributed by atoms with Gasteiger partial charge in [-0.1, -0.05) is 5.92 Å². The molecule has 0 bridgehead atoms. The molecule has 0 unspecified atom stereocenters. The third kappa shape index (κ3) is 2.02. The molecular weight excluding hydrogens is 196 g/mol. The van der Waals surface area contributed by atoms with E-state index in [0.29, 0.717) is 6.54 Å². The average molecular weight is 208 g/mol. The Morgan fingerprint density at radius 3 is 2.80 bits per heavy atom. The largest absolute Gasteiger partial charge is 0.383 e. The molecule has 0 spiro atoms. The molecule has 1 rings (SSSR count). The lowest BCUT2D eigenvalue weighted by molar-refractivity contribution is 0.706. The van der Waals surface area contributed by atoms with Crippen molar-refractivity contribution >= 4 is 11.5 Å². The molecule has 0 saturated carbocycles. The number of nitrogen functional groups attached to an aromatic ring is 1. The van der Waals surface area contributed by atoms with Crippen LogP contribution < -0.4 is 22.3 Å². The third-order valence-corrected chi connectivity index (χ3v) is 1.92. The van der Waals surface area contributed by atoms with Gasteiger partial charge in [-0.3, -0.25) is 14.3 Å². The van der Waals surface area contributed by atoms with E-state index in [1.54, 1.807) is 6.92 Å². The summed E-state index contributed by atoms with van der Waals surface area (Å²) in [6.07, 6.45) is 5.04. The van der Waals surface area contributed by atoms with Gasteiger partial charge in [-0.2, -0.15) is 0 Å². The summed E-state index contributed by atoms with van der Waals surface area (Å²) in [5.74, 6) is 2.41. The van der Waals surface area contributed by atoms with E-state index in [-0.39, 0.29) is 18.1 Å². The van der Waals surface area contributed by atoms with Gasteiger partial charge in [-0.05, 0) is 6.92 Å². The topological polar surface area (TPSA) is 92.9 Å². The Labute approximate surface area is 86.1 Å². The molecule has 0 amide bonds. The molecule has 80 valence electrons. The minimum atomic E-state index is -0.558. The van der Waals surface area contributed by atoms with Gasteiger partial charge >= 0.3 is 5.69 Å². The Bertz CT molecular complexity index is 506. The van der Waals surface area contributed by atoms with Gasteiger partial charge in [0.1, 0.15) is 11.5 Å². The zero-order valence-corrected chi connectivity index (χ0v) is 8.33. The molecule has 1 aromatic rings. The van der Waals surface area contributed by atoms with E-state index in [0.717, 1.165) is 0 Å². The van der Waals surface area contributed by atoms with Crippen LogP contribution in [-0.2, 0) is 6.54 Å². The summed E-state index contributed by atoms with van der Waals surface area (Å²) in [7, 11) is 0. The molecule has 1 heterocycles. The van der Waals surface area contributed by atoms with Crippen LogP contribution in [0.25, 0.3) is 0 Å². The molecule has 0 fully saturated rings. The number of H-pyrrole nitrogens is 1. The summed E-state index contributed by atoms with van der Waals surface area (Å²) in [6.45, 7) is 2.31. The Balaban J connectivity index is 3.34. The molecule has 6 heteroatoms. The summed E-state index contributed by atoms with van der Waals surface area (Å²) in [4.78, 5) is 24.8. The standard InChI is InChI=1S/C9H12N4O2/c1-3-5-11-6-7(10)13(4-2)9(15)12-8(6)14/h1,11H,4-5,10H2,2H3,(H,12,14,15). The van der Waals surface area contributed by atoms with E-state index in [1.165, 1.54) is 4.57 Å². The van der Waals surface area contributed by atoms with Gasteiger partial charge in [-0.25, -0.2) is 4.79 Å². The predicted octanol–water partition coefficient (Wildman–Crippen LogP) is -0.816. The fourth-order valence-electron chi connectivity index (χ4n) is 1.21. The highest BCUT2D eigenvalue weighted by molar-refractivity contribution is 5.60. The minimum absolute atomic E-state index is 0.0986. The molecule has 4 N–H and O–H groups in total. The number of nitrogens with one attached hydrogen (secondary N) is 2. The molecule has 1 aromatic heterocycles. The summed E-state index contributed by atoms with van der Waals surface area (Å²) in [5, 5.41) is 2.67. The molecule has 0 radical (unpaired) electrons. The monoisotopic (exact) mass is 208 g/mol. The van der Waals surface area contributed by atoms with E-state index in [1.807, 2.05) is 0 Å². The van der Waals surface area contributed by atoms with Crippen LogP contribution in [0.1, 0.15) is 6.92 Å². The lowest BCUT2D eigenvalue weighted by Gasteiger charge is -2.10. The van der Waals surface area contributed by atoms with Crippen LogP contribution in [-0.4, -0.2) is 16.1 Å². The summed E-state index contributed by atoms with van der Waals surface area (Å²) < 4.78 is 1.25. The highest BCUT2D eigenvalue weighted by Crippen LogP contribution is 2.08. The van der Waals surface area contributed by atoms with Crippen LogP contribution in [0.5, 0.6) is 0 Å². The molecule has 0 aliphatic heterocycles. The number of anilines is 2. The maximum absolute atomic E-state index is 11.4. The van der Waals surface area contributed by atoms with E-state index in [9.17, 15) is 9.59 Å². The highest BCUT2D eigenvalue weighted by atomic mass is 16.2. The molecule has 0 saturated heterocycles. The van der Waals surface area contributed by atoms with Gasteiger partial charge in [0, 0.05) is 6.54 Å². The number of aromatic nitrogens is 2. The van der Waals surface area contributed by atoms with Crippen molar-refractivity contribution in [3.05, 3.63) is 20.8 Å². The first-order valence-electron chi connectivity index (χ1n) is 4.41. The third-order valence-electron chi connectivity index (χ3n) is 1.92. The second-order valence-corrected chi connectivity index (χ2v) is 2.82. The van der Waals surface area contributed by atoms with E-state index in [2.05, 4.69) is 16.2 Å². The van der Waals surface area contributed by atoms with Crippen LogP contribution in [0.3, 0.4) is 0 Å². The first-order valence-corrected chi connectivity index (χ1v) is 4.41. The fourth-order valence-corrected chi connectivity index (χ4v) is 1.21. The summed E-state index contributed by atoms with van der Waals surface area (Å²) in [6, 6.07) is 0. The fraction of sp³-hybridized carbons (Fsp3) is 0.333. The van der Waals surface area contributed by atoms with Gasteiger partial charge in [0.25, 0.3) is 5.56 Å². The van der Waals surface area contributed by atoms with Gasteiger partial charge in [0.05, 0.1) is 6.54 Å². The molecule has 6 nitrogen and oxygen atoms in total. The Hall–Kier alpha value is -2.16. The number of nitrogens with two attached hydrogens (primary N) is 1. The normalized spacial score (nSPS) is 9.60. The van der Waals surface area contributed by atoms with E-state index >= 15 is 0 Å². The summed E-state index contributed by atoms with van der Waals surface area (Å²) in [5.41, 5.74) is 4.70. The quantitative estimate of drug-likeness (QED) is 0.566. The van der Waals surface area contributed by atoms with Crippen molar-refractivity contribution < 1.29 is 0 Å². The van der Waals surface area contributed by atoms with E-state index < -0.39 is 11.2 Å². The van der Waals surface area contributed by atoms with Gasteiger partial charge in [-0.15, -0.1) is 6.42 Å². The zero-order chi connectivity index (χ0) is 11.4. The molecule has 0 aliphatic carbocycles. The van der Waals surface area contributed by atoms with Gasteiger partial charge < -0.3 is 11.1 Å². The number of hydrogen-bond donors (Lipinski definition) is 3. The maximum Gasteiger partial charge on any atom is 0.330 e. The van der Waals surface area contributed by atoms with Crippen molar-refractivity contribution in [2.45, 2.75) is 13.5 Å². The Morgan fingerprint density at radius 2 is 2.27 bits per heavy atom. The number of rotatable bonds is 3. The van der Waals surface area contributed by atoms with Crippen molar-refractivity contribution in [2.24, 2.45) is 0 Å². The Kier molecular flexibility index (Phi) is 3.18. The van der Waals surface area contributed by atoms with Crippen LogP contribution in [0.2, 0.25) is 0 Å². The van der Waals surface area contributed by atoms with Crippen molar-refractivity contribution in [1.82, 2.24) is 9.55 Å². The van der Waals surface area contributed by atoms with Crippen molar-refractivity contribution in [3.8, 4) is 12.3 Å². The predicted molar refractivity (Wildman–Crippen MR) is 58.7 cm³/mol. The second kappa shape index (κ2) is 4.37. The molecule has 0 aromatic carbocycles. The van der Waals surface area contributed by atoms with E-state index in [4.69, 9.17) is 12.2 Å². The molecule has 0 atom stereocenters. The minimum Gasteiger partial charge on any atom is -0.383 e. The lowest BCUT2D eigenvalue weighted by atomic mass is 10.4. The summed E-state index contributed by atoms with van der Waals surface area (Å²) >= 11 is 0. The van der Waals surface area contributed by atoms with Gasteiger partial charge in [0.2, 0.25) is 0 Å². The molecule has 0 aliphatic rings. The number of terminal acetylenes is 1. The SMILES string of the molecule is C#CCNc1c(N)n(CC)c(=O)[nH]c1=O. The van der Waals surface area contributed by atoms with Crippen molar-refractivity contribution in [1.29, 1.82) is 0 Å². The average Bonchev–Trinajstić information content (AvgIpc) is 2.17. The first-order chi connectivity index (χ1) is 7.11. The number of hydrogen-bond acceptors (Lipinski definition) is 4. The Morgan fingerprint density at radius 1 is 1.60 bits per heavy atom. The molecular formula is C9H12N4O2. The van der Waals surface area contributed by atoms with Crippen molar-refractivity contribution in [2.75, 3.05) is 17.6 Å². The number of nitrogens with zero attached hydrogens (tertiary/aromatic N) is 1. The highest BCUT2D eigenvalue weighted by Gasteiger charge is 2.09. The van der Waals surface area contributed by atoms with Crippen LogP contribution >= 0.6 is 0 Å². The van der Waals surface area contributed by atoms with Crippen LogP contribution in [0.15, 0.2) is 9.59 Å². The lowest BCUT2D eigenvalue weighted by Crippen LogP contribution is -2.33. The molecule has 15 heavy (non-hydrogen) atoms. The first kappa shape index (κ1) is 10.9. The van der Waals surface area contributed by atoms with Crippen molar-refractivity contribution in [3.63, 3.8) is 0 Å². The second-order valence-electron chi connectivity index (χ2n) is 2.82. The van der Waals surface area contributed by atoms with Crippen LogP contribution in [0, 0.1) is 12.3 Å². The maximum atomic E-state index is 11.4. The number of aromatic amines is 1.